The van der Waals surface area contributed by atoms with Crippen LogP contribution in [0.2, 0.25) is 0 Å². The van der Waals surface area contributed by atoms with Crippen LogP contribution in [0.5, 0.6) is 0 Å². The molecule has 170 valence electrons. The zero-order valence-corrected chi connectivity index (χ0v) is 19.5. The van der Waals surface area contributed by atoms with E-state index in [1.54, 1.807) is 0 Å². The molecule has 10 nitrogen and oxygen atoms in total. The Bertz CT molecular complexity index is 2090. The Labute approximate surface area is 222 Å². The van der Waals surface area contributed by atoms with E-state index in [0.717, 1.165) is 0 Å². The van der Waals surface area contributed by atoms with Gasteiger partial charge in [0.05, 0.1) is 55.6 Å². The Morgan fingerprint density at radius 1 is 0.175 bits per heavy atom. The quantitative estimate of drug-likeness (QED) is 0.265. The minimum atomic E-state index is -0.315. The number of hydrogen-bond acceptors (Lipinski definition) is 10. The summed E-state index contributed by atoms with van der Waals surface area (Å²) in [6.45, 7) is 0. The zero-order valence-electron chi connectivity index (χ0n) is 19.5. The molecule has 0 aliphatic carbocycles. The summed E-state index contributed by atoms with van der Waals surface area (Å²) in [4.78, 5) is 0. The summed E-state index contributed by atoms with van der Waals surface area (Å²) in [5, 5.41) is 102. The molecule has 0 amide bonds. The maximum absolute atomic E-state index is 10.2. The van der Waals surface area contributed by atoms with Gasteiger partial charge in [-0.3, -0.25) is 0 Å². The fourth-order valence-electron chi connectivity index (χ4n) is 6.12. The molecule has 6 aromatic rings. The van der Waals surface area contributed by atoms with Crippen LogP contribution in [0, 0.1) is 113 Å². The first-order chi connectivity index (χ1) is 19.5. The highest BCUT2D eigenvalue weighted by Gasteiger charge is 2.37. The Hall–Kier alpha value is -7.70. The van der Waals surface area contributed by atoms with Gasteiger partial charge < -0.3 is 0 Å². The second-order valence-electron chi connectivity index (χ2n) is 8.62. The van der Waals surface area contributed by atoms with Crippen molar-refractivity contribution in [1.82, 2.24) is 0 Å². The van der Waals surface area contributed by atoms with Crippen LogP contribution in [0.25, 0.3) is 53.9 Å². The Morgan fingerprint density at radius 3 is 0.350 bits per heavy atom. The molecule has 0 radical (unpaired) electrons. The Morgan fingerprint density at radius 2 is 0.275 bits per heavy atom. The van der Waals surface area contributed by atoms with Gasteiger partial charge in [0, 0.05) is 53.9 Å². The van der Waals surface area contributed by atoms with Crippen LogP contribution in [-0.4, -0.2) is 0 Å². The monoisotopic (exact) mass is 500 g/mol. The molecule has 0 atom stereocenters. The molecule has 0 aliphatic rings. The Balaban J connectivity index is 2.36. The number of nitriles is 10. The average molecular weight is 500 g/mol. The first kappa shape index (κ1) is 22.7. The summed E-state index contributed by atoms with van der Waals surface area (Å²) in [5.74, 6) is 0. The van der Waals surface area contributed by atoms with Gasteiger partial charge in [-0.2, -0.15) is 52.6 Å². The standard InChI is InChI=1S/C30N10/c31-1-11-12(2-32)22-15(5-35)16(6-36)24-19(9-39)20(10-40)25-18(8-38)17(7-37)23-14(4-34)13(3-33)21(11)26-27(22)29(24)30(25)28(23)26. The van der Waals surface area contributed by atoms with Gasteiger partial charge in [0.25, 0.3) is 0 Å². The molecule has 0 saturated heterocycles. The van der Waals surface area contributed by atoms with E-state index in [-0.39, 0.29) is 109 Å². The second kappa shape index (κ2) is 7.40. The maximum atomic E-state index is 10.2. The average Bonchev–Trinajstić information content (AvgIpc) is 3.34. The van der Waals surface area contributed by atoms with Gasteiger partial charge >= 0.3 is 0 Å². The molecule has 10 heteroatoms. The summed E-state index contributed by atoms with van der Waals surface area (Å²) in [7, 11) is 0. The molecule has 0 spiro atoms. The highest BCUT2D eigenvalue weighted by molar-refractivity contribution is 6.48. The van der Waals surface area contributed by atoms with Crippen LogP contribution in [0.1, 0.15) is 55.6 Å². The first-order valence-corrected chi connectivity index (χ1v) is 11.0. The van der Waals surface area contributed by atoms with Gasteiger partial charge in [-0.1, -0.05) is 0 Å². The van der Waals surface area contributed by atoms with Gasteiger partial charge in [-0.15, -0.1) is 0 Å². The van der Waals surface area contributed by atoms with E-state index in [9.17, 15) is 52.6 Å². The minimum Gasteiger partial charge on any atom is -0.192 e. The molecule has 0 aliphatic heterocycles. The Kier molecular flexibility index (Phi) is 4.21. The molecular formula is C30N10. The fraction of sp³-hybridized carbons (Fsp3) is 0. The summed E-state index contributed by atoms with van der Waals surface area (Å²) >= 11 is 0. The van der Waals surface area contributed by atoms with Crippen molar-refractivity contribution < 1.29 is 0 Å². The molecule has 0 N–H and O–H groups in total. The predicted octanol–water partition coefficient (Wildman–Crippen LogP) is 4.48. The lowest BCUT2D eigenvalue weighted by molar-refractivity contribution is 1.43. The van der Waals surface area contributed by atoms with Crippen molar-refractivity contribution in [3.8, 4) is 60.7 Å². The fourth-order valence-corrected chi connectivity index (χ4v) is 6.12. The second-order valence-corrected chi connectivity index (χ2v) is 8.62. The van der Waals surface area contributed by atoms with E-state index < -0.39 is 0 Å². The maximum Gasteiger partial charge on any atom is 0.101 e. The summed E-state index contributed by atoms with van der Waals surface area (Å²) in [6, 6.07) is 19.1. The molecule has 0 heterocycles. The van der Waals surface area contributed by atoms with Crippen molar-refractivity contribution in [2.24, 2.45) is 0 Å². The van der Waals surface area contributed by atoms with Gasteiger partial charge in [0.1, 0.15) is 60.7 Å². The molecule has 6 aromatic carbocycles. The van der Waals surface area contributed by atoms with Crippen molar-refractivity contribution >= 4 is 53.9 Å². The van der Waals surface area contributed by atoms with Crippen LogP contribution < -0.4 is 0 Å². The predicted molar refractivity (Wildman–Crippen MR) is 135 cm³/mol. The lowest BCUT2D eigenvalue weighted by Crippen LogP contribution is -2.00. The van der Waals surface area contributed by atoms with E-state index in [1.165, 1.54) is 0 Å². The molecule has 6 rings (SSSR count). The van der Waals surface area contributed by atoms with Crippen LogP contribution in [-0.2, 0) is 0 Å². The molecule has 0 saturated carbocycles. The van der Waals surface area contributed by atoms with E-state index in [1.807, 2.05) is 60.7 Å². The molecule has 40 heavy (non-hydrogen) atoms. The van der Waals surface area contributed by atoms with Gasteiger partial charge in [-0.05, 0) is 0 Å². The lowest BCUT2D eigenvalue weighted by atomic mass is 9.83. The van der Waals surface area contributed by atoms with Gasteiger partial charge in [-0.25, -0.2) is 0 Å². The SMILES string of the molecule is N#Cc1c(C#N)c2c(C#N)c(C#N)c3c(C#N)c(C#N)c4c(C#N)c(C#N)c5c(C#N)c(C#N)c1c1c2c3c4c51. The van der Waals surface area contributed by atoms with E-state index in [4.69, 9.17) is 0 Å². The first-order valence-electron chi connectivity index (χ1n) is 11.0. The minimum absolute atomic E-state index is 0.0730. The van der Waals surface area contributed by atoms with Gasteiger partial charge in [0.15, 0.2) is 0 Å². The van der Waals surface area contributed by atoms with Crippen LogP contribution >= 0.6 is 0 Å². The van der Waals surface area contributed by atoms with E-state index in [0.29, 0.717) is 0 Å². The highest BCUT2D eigenvalue weighted by atomic mass is 14.4. The third-order valence-electron chi connectivity index (χ3n) is 7.37. The molecular weight excluding hydrogens is 500 g/mol. The molecule has 0 aromatic heterocycles. The van der Waals surface area contributed by atoms with Crippen molar-refractivity contribution in [2.45, 2.75) is 0 Å². The van der Waals surface area contributed by atoms with E-state index in [2.05, 4.69) is 0 Å². The van der Waals surface area contributed by atoms with Crippen LogP contribution in [0.4, 0.5) is 0 Å². The normalized spacial score (nSPS) is 10.2. The number of hydrogen-bond donors (Lipinski definition) is 0. The topological polar surface area (TPSA) is 238 Å². The zero-order chi connectivity index (χ0) is 28.6. The number of nitrogens with zero attached hydrogens (tertiary/aromatic N) is 10. The number of benzene rings is 5. The van der Waals surface area contributed by atoms with Gasteiger partial charge in [0.2, 0.25) is 0 Å². The third-order valence-corrected chi connectivity index (χ3v) is 7.37. The molecule has 0 unspecified atom stereocenters. The van der Waals surface area contributed by atoms with E-state index >= 15 is 0 Å². The van der Waals surface area contributed by atoms with Crippen LogP contribution in [0.15, 0.2) is 0 Å². The van der Waals surface area contributed by atoms with Crippen molar-refractivity contribution in [2.75, 3.05) is 0 Å². The van der Waals surface area contributed by atoms with Crippen molar-refractivity contribution in [3.05, 3.63) is 55.6 Å². The summed E-state index contributed by atoms with van der Waals surface area (Å²) < 4.78 is 0. The smallest absolute Gasteiger partial charge is 0.101 e. The lowest BCUT2D eigenvalue weighted by Gasteiger charge is -2.14. The largest absolute Gasteiger partial charge is 0.192 e. The molecule has 0 bridgehead atoms. The van der Waals surface area contributed by atoms with Crippen molar-refractivity contribution in [3.63, 3.8) is 0 Å². The summed E-state index contributed by atoms with van der Waals surface area (Å²) in [5.41, 5.74) is -3.15. The molecule has 0 fully saturated rings. The van der Waals surface area contributed by atoms with Crippen LogP contribution in [0.3, 0.4) is 0 Å². The number of rotatable bonds is 0. The summed E-state index contributed by atoms with van der Waals surface area (Å²) in [6.07, 6.45) is 0. The third kappa shape index (κ3) is 2.06. The van der Waals surface area contributed by atoms with Crippen molar-refractivity contribution in [1.29, 1.82) is 52.6 Å². The highest BCUT2D eigenvalue weighted by Crippen LogP contribution is 2.56.